The van der Waals surface area contributed by atoms with E-state index < -0.39 is 25.9 Å². The molecule has 1 atom stereocenters. The summed E-state index contributed by atoms with van der Waals surface area (Å²) in [6, 6.07) is 6.62. The highest BCUT2D eigenvalue weighted by Gasteiger charge is 2.38. The van der Waals surface area contributed by atoms with Crippen molar-refractivity contribution in [1.29, 1.82) is 0 Å². The molecule has 0 spiro atoms. The van der Waals surface area contributed by atoms with Crippen LogP contribution >= 0.6 is 0 Å². The molecule has 2 fully saturated rings. The predicted octanol–water partition coefficient (Wildman–Crippen LogP) is 1.87. The lowest BCUT2D eigenvalue weighted by Gasteiger charge is -2.27. The minimum atomic E-state index is -3.76. The maximum absolute atomic E-state index is 13.1. The maximum Gasteiger partial charge on any atom is 0.243 e. The van der Waals surface area contributed by atoms with Crippen LogP contribution in [0.25, 0.3) is 0 Å². The van der Waals surface area contributed by atoms with Crippen molar-refractivity contribution in [2.24, 2.45) is 5.73 Å². The zero-order chi connectivity index (χ0) is 18.8. The van der Waals surface area contributed by atoms with E-state index in [2.05, 4.69) is 0 Å². The molecule has 1 aliphatic heterocycles. The molecule has 2 aliphatic rings. The van der Waals surface area contributed by atoms with Crippen LogP contribution in [0.2, 0.25) is 0 Å². The van der Waals surface area contributed by atoms with Gasteiger partial charge < -0.3 is 5.73 Å². The van der Waals surface area contributed by atoms with E-state index in [-0.39, 0.29) is 29.5 Å². The predicted molar refractivity (Wildman–Crippen MR) is 102 cm³/mol. The van der Waals surface area contributed by atoms with Crippen molar-refractivity contribution in [2.45, 2.75) is 55.4 Å². The van der Waals surface area contributed by atoms with Crippen molar-refractivity contribution in [3.05, 3.63) is 29.8 Å². The Labute approximate surface area is 156 Å². The van der Waals surface area contributed by atoms with Crippen LogP contribution in [0.3, 0.4) is 0 Å². The summed E-state index contributed by atoms with van der Waals surface area (Å²) in [6.07, 6.45) is 6.38. The van der Waals surface area contributed by atoms with Crippen molar-refractivity contribution in [3.8, 4) is 0 Å². The van der Waals surface area contributed by atoms with Crippen LogP contribution in [0.15, 0.2) is 29.2 Å². The van der Waals surface area contributed by atoms with Gasteiger partial charge in [0.05, 0.1) is 16.4 Å². The molecule has 0 amide bonds. The van der Waals surface area contributed by atoms with Gasteiger partial charge in [0.2, 0.25) is 10.0 Å². The van der Waals surface area contributed by atoms with Gasteiger partial charge >= 0.3 is 0 Å². The minimum absolute atomic E-state index is 0.0366. The average molecular weight is 401 g/mol. The van der Waals surface area contributed by atoms with Crippen LogP contribution < -0.4 is 5.73 Å². The molecule has 0 aromatic heterocycles. The van der Waals surface area contributed by atoms with Crippen LogP contribution in [0.1, 0.15) is 50.0 Å². The summed E-state index contributed by atoms with van der Waals surface area (Å²) in [5.41, 5.74) is 6.80. The molecule has 3 rings (SSSR count). The summed E-state index contributed by atoms with van der Waals surface area (Å²) in [6.45, 7) is 0.294. The maximum atomic E-state index is 13.1. The fourth-order valence-corrected chi connectivity index (χ4v) is 7.61. The van der Waals surface area contributed by atoms with Crippen molar-refractivity contribution < 1.29 is 16.8 Å². The average Bonchev–Trinajstić information content (AvgIpc) is 2.99. The van der Waals surface area contributed by atoms with E-state index in [1.54, 1.807) is 12.1 Å². The van der Waals surface area contributed by atoms with Crippen LogP contribution in [0, 0.1) is 0 Å². The molecule has 146 valence electrons. The summed E-state index contributed by atoms with van der Waals surface area (Å²) in [5, 5.41) is 0. The molecule has 6 nitrogen and oxygen atoms in total. The molecule has 0 radical (unpaired) electrons. The van der Waals surface area contributed by atoms with E-state index in [9.17, 15) is 16.8 Å². The molecule has 0 bridgehead atoms. The van der Waals surface area contributed by atoms with Crippen molar-refractivity contribution in [2.75, 3.05) is 24.6 Å². The van der Waals surface area contributed by atoms with Gasteiger partial charge in [0.25, 0.3) is 0 Å². The summed E-state index contributed by atoms with van der Waals surface area (Å²) in [5.74, 6) is 0.432. The standard InChI is InChI=1S/C18H28N2O4S2/c19-11-12-20(17-10-13-25(21,22)14-17)26(23,24)18-8-6-16(7-9-18)15-4-2-1-3-5-15/h6-9,15,17H,1-5,10-14,19H2/t17-/m0/s1. The lowest BCUT2D eigenvalue weighted by molar-refractivity contribution is 0.347. The van der Waals surface area contributed by atoms with Crippen LogP contribution in [0.5, 0.6) is 0 Å². The SMILES string of the molecule is NCCN([C@H]1CCS(=O)(=O)C1)S(=O)(=O)c1ccc(C2CCCCC2)cc1. The third-order valence-electron chi connectivity index (χ3n) is 5.53. The largest absolute Gasteiger partial charge is 0.329 e. The van der Waals surface area contributed by atoms with Gasteiger partial charge in [-0.25, -0.2) is 16.8 Å². The van der Waals surface area contributed by atoms with E-state index in [4.69, 9.17) is 5.73 Å². The molecule has 1 aromatic carbocycles. The number of nitrogens with zero attached hydrogens (tertiary/aromatic N) is 1. The number of hydrogen-bond donors (Lipinski definition) is 1. The molecule has 1 aliphatic carbocycles. The van der Waals surface area contributed by atoms with Crippen molar-refractivity contribution in [1.82, 2.24) is 4.31 Å². The van der Waals surface area contributed by atoms with Gasteiger partial charge in [-0.05, 0) is 42.9 Å². The highest BCUT2D eigenvalue weighted by molar-refractivity contribution is 7.92. The zero-order valence-electron chi connectivity index (χ0n) is 15.0. The van der Waals surface area contributed by atoms with Crippen LogP contribution in [-0.2, 0) is 19.9 Å². The fourth-order valence-electron chi connectivity index (χ4n) is 4.11. The van der Waals surface area contributed by atoms with Crippen LogP contribution in [-0.4, -0.2) is 51.8 Å². The van der Waals surface area contributed by atoms with Gasteiger partial charge in [0.15, 0.2) is 9.84 Å². The Bertz CT molecular complexity index is 813. The summed E-state index contributed by atoms with van der Waals surface area (Å²) >= 11 is 0. The van der Waals surface area contributed by atoms with E-state index in [1.165, 1.54) is 29.1 Å². The zero-order valence-corrected chi connectivity index (χ0v) is 16.6. The number of benzene rings is 1. The third-order valence-corrected chi connectivity index (χ3v) is 9.24. The number of hydrogen-bond acceptors (Lipinski definition) is 5. The third kappa shape index (κ3) is 4.30. The normalized spacial score (nSPS) is 24.2. The molecule has 1 heterocycles. The van der Waals surface area contributed by atoms with Crippen molar-refractivity contribution in [3.63, 3.8) is 0 Å². The van der Waals surface area contributed by atoms with E-state index >= 15 is 0 Å². The van der Waals surface area contributed by atoms with E-state index in [0.717, 1.165) is 12.8 Å². The minimum Gasteiger partial charge on any atom is -0.329 e. The van der Waals surface area contributed by atoms with E-state index in [1.807, 2.05) is 12.1 Å². The molecule has 1 saturated heterocycles. The topological polar surface area (TPSA) is 97.5 Å². The molecule has 1 aromatic rings. The van der Waals surface area contributed by atoms with Crippen LogP contribution in [0.4, 0.5) is 0 Å². The molecule has 8 heteroatoms. The quantitative estimate of drug-likeness (QED) is 0.786. The Balaban J connectivity index is 1.82. The van der Waals surface area contributed by atoms with Gasteiger partial charge in [-0.2, -0.15) is 4.31 Å². The lowest BCUT2D eigenvalue weighted by Crippen LogP contribution is -2.43. The molecular weight excluding hydrogens is 372 g/mol. The van der Waals surface area contributed by atoms with Gasteiger partial charge in [0, 0.05) is 19.1 Å². The monoisotopic (exact) mass is 400 g/mol. The Morgan fingerprint density at radius 1 is 1.04 bits per heavy atom. The lowest BCUT2D eigenvalue weighted by atomic mass is 9.84. The Morgan fingerprint density at radius 2 is 1.69 bits per heavy atom. The Hall–Kier alpha value is -0.960. The second kappa shape index (κ2) is 7.96. The van der Waals surface area contributed by atoms with Gasteiger partial charge in [-0.15, -0.1) is 0 Å². The molecule has 0 unspecified atom stereocenters. The van der Waals surface area contributed by atoms with Gasteiger partial charge in [0.1, 0.15) is 0 Å². The summed E-state index contributed by atoms with van der Waals surface area (Å²) < 4.78 is 51.0. The van der Waals surface area contributed by atoms with Crippen molar-refractivity contribution >= 4 is 19.9 Å². The second-order valence-corrected chi connectivity index (χ2v) is 11.5. The second-order valence-electron chi connectivity index (χ2n) is 7.37. The first-order chi connectivity index (χ1) is 12.3. The number of sulfonamides is 1. The highest BCUT2D eigenvalue weighted by Crippen LogP contribution is 2.33. The number of nitrogens with two attached hydrogens (primary N) is 1. The van der Waals surface area contributed by atoms with Gasteiger partial charge in [-0.1, -0.05) is 31.4 Å². The van der Waals surface area contributed by atoms with Gasteiger partial charge in [-0.3, -0.25) is 0 Å². The smallest absolute Gasteiger partial charge is 0.243 e. The number of sulfone groups is 1. The van der Waals surface area contributed by atoms with E-state index in [0.29, 0.717) is 12.3 Å². The first kappa shape index (κ1) is 19.8. The highest BCUT2D eigenvalue weighted by atomic mass is 32.2. The fraction of sp³-hybridized carbons (Fsp3) is 0.667. The first-order valence-electron chi connectivity index (χ1n) is 9.36. The summed E-state index contributed by atoms with van der Waals surface area (Å²) in [7, 11) is -6.92. The molecular formula is C18H28N2O4S2. The Kier molecular flexibility index (Phi) is 6.06. The molecule has 26 heavy (non-hydrogen) atoms. The molecule has 1 saturated carbocycles. The Morgan fingerprint density at radius 3 is 2.23 bits per heavy atom. The summed E-state index contributed by atoms with van der Waals surface area (Å²) in [4.78, 5) is 0.217. The number of rotatable bonds is 6. The molecule has 2 N–H and O–H groups in total. The first-order valence-corrected chi connectivity index (χ1v) is 12.6.